The van der Waals surface area contributed by atoms with Crippen LogP contribution in [0.2, 0.25) is 0 Å². The van der Waals surface area contributed by atoms with Crippen LogP contribution in [0, 0.1) is 12.3 Å². The number of terminal acetylenes is 1. The van der Waals surface area contributed by atoms with Crippen LogP contribution in [-0.2, 0) is 41.4 Å². The maximum Gasteiger partial charge on any atom is 0.303 e. The second-order valence-electron chi connectivity index (χ2n) is 16.4. The highest BCUT2D eigenvalue weighted by Gasteiger charge is 2.33. The Labute approximate surface area is 399 Å². The second kappa shape index (κ2) is 30.2. The zero-order valence-electron chi connectivity index (χ0n) is 39.2. The highest BCUT2D eigenvalue weighted by Crippen LogP contribution is 2.24. The molecule has 0 unspecified atom stereocenters. The van der Waals surface area contributed by atoms with E-state index < -0.39 is 18.1 Å². The maximum absolute atomic E-state index is 14.1. The van der Waals surface area contributed by atoms with Gasteiger partial charge in [-0.1, -0.05) is 29.7 Å². The van der Waals surface area contributed by atoms with Crippen molar-refractivity contribution in [3.63, 3.8) is 0 Å². The fourth-order valence-electron chi connectivity index (χ4n) is 7.72. The van der Waals surface area contributed by atoms with E-state index in [2.05, 4.69) is 60.1 Å². The van der Waals surface area contributed by atoms with Gasteiger partial charge in [0.15, 0.2) is 0 Å². The van der Waals surface area contributed by atoms with Crippen LogP contribution >= 0.6 is 0 Å². The number of piperazine rings is 2. The molecule has 2 saturated heterocycles. The SMILES string of the molecule is C#CCOCCOCCOCCNc1nc(N2CCN(C(=O)[C@H](CCCC[NH3+])n3cc(CCCC)nn3)CC2)nc(N2CCN(C(=O)[C@H](CCCC[NH3+])n3cc(CCC(=O)O)nn3)CC2)n1.[Cl-]. The molecule has 8 N–H and O–H groups in total. The van der Waals surface area contributed by atoms with Crippen molar-refractivity contribution >= 4 is 35.6 Å². The van der Waals surface area contributed by atoms with E-state index in [0.717, 1.165) is 63.7 Å². The van der Waals surface area contributed by atoms with E-state index in [1.165, 1.54) is 0 Å². The number of carboxylic acids is 1. The highest BCUT2D eigenvalue weighted by molar-refractivity contribution is 5.81. The van der Waals surface area contributed by atoms with Crippen LogP contribution in [0.25, 0.3) is 0 Å². The summed E-state index contributed by atoms with van der Waals surface area (Å²) < 4.78 is 19.9. The third kappa shape index (κ3) is 17.7. The molecule has 5 heterocycles. The minimum atomic E-state index is -0.917. The minimum Gasteiger partial charge on any atom is -1.00 e. The van der Waals surface area contributed by atoms with E-state index in [9.17, 15) is 14.4 Å². The van der Waals surface area contributed by atoms with Gasteiger partial charge < -0.3 is 68.1 Å². The topological polar surface area (TPSA) is 279 Å². The molecule has 0 bridgehead atoms. The number of aryl methyl sites for hydroxylation is 2. The number of nitrogens with zero attached hydrogens (tertiary/aromatic N) is 13. The summed E-state index contributed by atoms with van der Waals surface area (Å²) in [5.74, 6) is 2.85. The average Bonchev–Trinajstić information content (AvgIpc) is 4.02. The third-order valence-corrected chi connectivity index (χ3v) is 11.5. The molecule has 3 aromatic rings. The van der Waals surface area contributed by atoms with E-state index in [-0.39, 0.29) is 43.7 Å². The molecule has 2 aliphatic rings. The van der Waals surface area contributed by atoms with Gasteiger partial charge in [-0.25, -0.2) is 9.36 Å². The second-order valence-corrected chi connectivity index (χ2v) is 16.4. The number of rotatable bonds is 31. The number of hydrogen-bond donors (Lipinski definition) is 4. The molecule has 0 aromatic carbocycles. The van der Waals surface area contributed by atoms with Crippen LogP contribution in [-0.4, -0.2) is 189 Å². The maximum atomic E-state index is 14.1. The summed E-state index contributed by atoms with van der Waals surface area (Å²) >= 11 is 0. The Morgan fingerprint density at radius 3 is 1.69 bits per heavy atom. The first kappa shape index (κ1) is 54.4. The number of carbonyl (C=O) groups is 3. The molecule has 5 rings (SSSR count). The van der Waals surface area contributed by atoms with Crippen LogP contribution in [0.4, 0.5) is 17.8 Å². The number of amides is 2. The summed E-state index contributed by atoms with van der Waals surface area (Å²) in [5, 5.41) is 29.6. The number of halogens is 1. The third-order valence-electron chi connectivity index (χ3n) is 11.5. The van der Waals surface area contributed by atoms with E-state index >= 15 is 0 Å². The Morgan fingerprint density at radius 2 is 1.21 bits per heavy atom. The highest BCUT2D eigenvalue weighted by atomic mass is 35.5. The number of quaternary nitrogens is 2. The molecular weight excluding hydrogens is 888 g/mol. The molecule has 0 saturated carbocycles. The molecule has 2 amide bonds. The number of carbonyl (C=O) groups excluding carboxylic acids is 2. The van der Waals surface area contributed by atoms with Gasteiger partial charge in [-0.15, -0.1) is 16.6 Å². The van der Waals surface area contributed by atoms with E-state index in [1.54, 1.807) is 15.6 Å². The van der Waals surface area contributed by atoms with Gasteiger partial charge in [-0.05, 0) is 51.4 Å². The quantitative estimate of drug-likeness (QED) is 0.0355. The van der Waals surface area contributed by atoms with Gasteiger partial charge in [0.25, 0.3) is 0 Å². The molecule has 372 valence electrons. The van der Waals surface area contributed by atoms with Gasteiger partial charge in [-0.2, -0.15) is 15.0 Å². The lowest BCUT2D eigenvalue weighted by molar-refractivity contribution is -0.369. The van der Waals surface area contributed by atoms with Crippen LogP contribution in [0.15, 0.2) is 12.4 Å². The molecule has 0 aliphatic carbocycles. The summed E-state index contributed by atoms with van der Waals surface area (Å²) in [6.45, 7) is 10.3. The Morgan fingerprint density at radius 1 is 0.716 bits per heavy atom. The minimum absolute atomic E-state index is 0. The standard InChI is InChI=1S/C43H70N16O7.ClH/c1-3-5-10-34-32-58(52-50-34)36(11-6-8-15-44)39(62)54-18-22-56(23-19-54)42-47-41(46-17-27-65-29-31-66-30-28-64-26-4-2)48-43(49-42)57-24-20-55(21-25-57)40(63)37(12-7-9-16-45)59-33-35(51-53-59)13-14-38(60)61;/h2,32-33,36-37H,3,5-31,44-45H2,1H3,(H,60,61)(H,46,47,48,49);1H/p+1/t36-,37-;/m0./s1. The lowest BCUT2D eigenvalue weighted by Gasteiger charge is -2.38. The van der Waals surface area contributed by atoms with Crippen molar-refractivity contribution in [2.75, 3.05) is 127 Å². The fraction of sp³-hybridized carbons (Fsp3) is 0.721. The van der Waals surface area contributed by atoms with Crippen molar-refractivity contribution in [1.29, 1.82) is 0 Å². The van der Waals surface area contributed by atoms with Crippen molar-refractivity contribution in [2.24, 2.45) is 0 Å². The molecule has 24 heteroatoms. The molecular formula is C43H72ClN16O7+. The molecule has 0 spiro atoms. The Hall–Kier alpha value is -5.25. The molecule has 2 atom stereocenters. The molecule has 3 aromatic heterocycles. The molecule has 0 radical (unpaired) electrons. The largest absolute Gasteiger partial charge is 1.00 e. The Kier molecular flexibility index (Phi) is 24.5. The lowest BCUT2D eigenvalue weighted by atomic mass is 10.1. The predicted molar refractivity (Wildman–Crippen MR) is 243 cm³/mol. The summed E-state index contributed by atoms with van der Waals surface area (Å²) in [6.07, 6.45) is 16.6. The van der Waals surface area contributed by atoms with E-state index in [0.29, 0.717) is 128 Å². The zero-order valence-corrected chi connectivity index (χ0v) is 39.9. The number of aliphatic carboxylic acids is 1. The van der Waals surface area contributed by atoms with Crippen LogP contribution in [0.3, 0.4) is 0 Å². The number of unbranched alkanes of at least 4 members (excludes halogenated alkanes) is 3. The van der Waals surface area contributed by atoms with Crippen LogP contribution < -0.4 is 39.0 Å². The molecule has 23 nitrogen and oxygen atoms in total. The zero-order chi connectivity index (χ0) is 46.9. The Bertz CT molecular complexity index is 1950. The van der Waals surface area contributed by atoms with Crippen molar-refractivity contribution < 1.29 is 57.6 Å². The number of carboxylic acid groups (broad SMARTS) is 1. The van der Waals surface area contributed by atoms with Gasteiger partial charge in [0, 0.05) is 77.7 Å². The van der Waals surface area contributed by atoms with Gasteiger partial charge in [-0.3, -0.25) is 14.4 Å². The van der Waals surface area contributed by atoms with Crippen molar-refractivity contribution in [3.05, 3.63) is 23.8 Å². The van der Waals surface area contributed by atoms with E-state index in [1.807, 2.05) is 16.0 Å². The smallest absolute Gasteiger partial charge is 0.303 e. The molecule has 2 fully saturated rings. The van der Waals surface area contributed by atoms with Crippen molar-refractivity contribution in [2.45, 2.75) is 89.6 Å². The van der Waals surface area contributed by atoms with Gasteiger partial charge in [0.05, 0.1) is 63.9 Å². The number of nitrogens with one attached hydrogen (secondary N) is 1. The number of anilines is 3. The van der Waals surface area contributed by atoms with Crippen LogP contribution in [0.5, 0.6) is 0 Å². The first-order valence-corrected chi connectivity index (χ1v) is 23.6. The summed E-state index contributed by atoms with van der Waals surface area (Å²) in [5.41, 5.74) is 9.37. The first-order valence-electron chi connectivity index (χ1n) is 23.6. The van der Waals surface area contributed by atoms with Gasteiger partial charge >= 0.3 is 5.97 Å². The number of hydrogen-bond acceptors (Lipinski definition) is 16. The Balaban J connectivity index is 0.00000980. The summed E-state index contributed by atoms with van der Waals surface area (Å²) in [4.78, 5) is 61.9. The monoisotopic (exact) mass is 960 g/mol. The number of ether oxygens (including phenoxy) is 3. The van der Waals surface area contributed by atoms with Crippen LogP contribution in [0.1, 0.15) is 88.2 Å². The van der Waals surface area contributed by atoms with Gasteiger partial charge in [0.2, 0.25) is 29.7 Å². The average molecular weight is 961 g/mol. The van der Waals surface area contributed by atoms with E-state index in [4.69, 9.17) is 40.7 Å². The van der Waals surface area contributed by atoms with Crippen molar-refractivity contribution in [3.8, 4) is 12.3 Å². The molecule has 67 heavy (non-hydrogen) atoms. The fourth-order valence-corrected chi connectivity index (χ4v) is 7.72. The normalized spacial score (nSPS) is 15.0. The summed E-state index contributed by atoms with van der Waals surface area (Å²) in [6, 6.07) is -0.997. The first-order chi connectivity index (χ1) is 32.2. The molecule has 2 aliphatic heterocycles. The number of aromatic nitrogens is 9. The van der Waals surface area contributed by atoms with Gasteiger partial charge in [0.1, 0.15) is 18.7 Å². The predicted octanol–water partition coefficient (Wildman–Crippen LogP) is -3.88. The van der Waals surface area contributed by atoms with Crippen molar-refractivity contribution in [1.82, 2.24) is 54.7 Å². The lowest BCUT2D eigenvalue weighted by Crippen LogP contribution is -3.00. The summed E-state index contributed by atoms with van der Waals surface area (Å²) in [7, 11) is 0.